The fourth-order valence-electron chi connectivity index (χ4n) is 2.46. The Hall–Kier alpha value is -1.09. The Morgan fingerprint density at radius 3 is 2.69 bits per heavy atom. The van der Waals surface area contributed by atoms with E-state index >= 15 is 0 Å². The standard InChI is InChI=1S/C13H19NO2/c14-8-10-1-3-12(4-2-10)13(15)7-11-5-6-16-9-11/h5-6,9-10,12H,1-4,7-8,14H2. The molecule has 0 bridgehead atoms. The van der Waals surface area contributed by atoms with Crippen LogP contribution in [0.15, 0.2) is 23.0 Å². The molecule has 0 atom stereocenters. The molecule has 16 heavy (non-hydrogen) atoms. The Labute approximate surface area is 96.0 Å². The Morgan fingerprint density at radius 2 is 2.12 bits per heavy atom. The first kappa shape index (κ1) is 11.4. The van der Waals surface area contributed by atoms with Crippen molar-refractivity contribution in [2.75, 3.05) is 6.54 Å². The van der Waals surface area contributed by atoms with Crippen LogP contribution < -0.4 is 5.73 Å². The zero-order valence-corrected chi connectivity index (χ0v) is 9.52. The smallest absolute Gasteiger partial charge is 0.140 e. The lowest BCUT2D eigenvalue weighted by molar-refractivity contribution is -0.123. The average Bonchev–Trinajstić information content (AvgIpc) is 2.82. The van der Waals surface area contributed by atoms with Crippen LogP contribution in [0.5, 0.6) is 0 Å². The number of Topliss-reactive ketones (excluding diaryl/α,β-unsaturated/α-hetero) is 1. The van der Waals surface area contributed by atoms with Gasteiger partial charge in [-0.2, -0.15) is 0 Å². The average molecular weight is 221 g/mol. The molecule has 88 valence electrons. The summed E-state index contributed by atoms with van der Waals surface area (Å²) in [5.41, 5.74) is 6.63. The van der Waals surface area contributed by atoms with Crippen LogP contribution in [0.3, 0.4) is 0 Å². The van der Waals surface area contributed by atoms with Crippen molar-refractivity contribution in [3.05, 3.63) is 24.2 Å². The predicted molar refractivity (Wildman–Crippen MR) is 61.9 cm³/mol. The van der Waals surface area contributed by atoms with Crippen molar-refractivity contribution >= 4 is 5.78 Å². The lowest BCUT2D eigenvalue weighted by atomic mass is 9.79. The molecule has 1 aliphatic rings. The normalized spacial score (nSPS) is 25.6. The molecular formula is C13H19NO2. The minimum absolute atomic E-state index is 0.248. The van der Waals surface area contributed by atoms with E-state index in [0.29, 0.717) is 18.1 Å². The summed E-state index contributed by atoms with van der Waals surface area (Å²) in [6.45, 7) is 0.767. The van der Waals surface area contributed by atoms with E-state index in [1.165, 1.54) is 0 Å². The van der Waals surface area contributed by atoms with E-state index in [0.717, 1.165) is 37.8 Å². The third-order valence-corrected chi connectivity index (χ3v) is 3.59. The molecule has 1 aromatic rings. The maximum Gasteiger partial charge on any atom is 0.140 e. The second-order valence-electron chi connectivity index (χ2n) is 4.73. The summed E-state index contributed by atoms with van der Waals surface area (Å²) in [5, 5.41) is 0. The van der Waals surface area contributed by atoms with Gasteiger partial charge in [0.15, 0.2) is 0 Å². The van der Waals surface area contributed by atoms with Crippen LogP contribution >= 0.6 is 0 Å². The molecule has 1 aliphatic carbocycles. The fraction of sp³-hybridized carbons (Fsp3) is 0.615. The number of ketones is 1. The molecule has 0 unspecified atom stereocenters. The van der Waals surface area contributed by atoms with Crippen LogP contribution in [0, 0.1) is 11.8 Å². The molecule has 0 radical (unpaired) electrons. The summed E-state index contributed by atoms with van der Waals surface area (Å²) >= 11 is 0. The molecule has 0 aliphatic heterocycles. The van der Waals surface area contributed by atoms with E-state index in [-0.39, 0.29) is 5.92 Å². The molecule has 3 heteroatoms. The van der Waals surface area contributed by atoms with Gasteiger partial charge in [-0.25, -0.2) is 0 Å². The highest BCUT2D eigenvalue weighted by molar-refractivity contribution is 5.83. The van der Waals surface area contributed by atoms with E-state index in [9.17, 15) is 4.79 Å². The van der Waals surface area contributed by atoms with Gasteiger partial charge in [-0.05, 0) is 49.8 Å². The monoisotopic (exact) mass is 221 g/mol. The number of hydrogen-bond acceptors (Lipinski definition) is 3. The fourth-order valence-corrected chi connectivity index (χ4v) is 2.46. The number of carbonyl (C=O) groups is 1. The second kappa shape index (κ2) is 5.30. The lowest BCUT2D eigenvalue weighted by Crippen LogP contribution is -2.26. The van der Waals surface area contributed by atoms with Crippen molar-refractivity contribution in [3.63, 3.8) is 0 Å². The third kappa shape index (κ3) is 2.73. The SMILES string of the molecule is NCC1CCC(C(=O)Cc2ccoc2)CC1. The van der Waals surface area contributed by atoms with Crippen molar-refractivity contribution in [2.45, 2.75) is 32.1 Å². The van der Waals surface area contributed by atoms with Crippen LogP contribution in [-0.4, -0.2) is 12.3 Å². The Bertz CT molecular complexity index is 324. The summed E-state index contributed by atoms with van der Waals surface area (Å²) in [4.78, 5) is 12.0. The van der Waals surface area contributed by atoms with Gasteiger partial charge in [0.05, 0.1) is 12.5 Å². The van der Waals surface area contributed by atoms with E-state index in [2.05, 4.69) is 0 Å². The Kier molecular flexibility index (Phi) is 3.78. The van der Waals surface area contributed by atoms with Crippen molar-refractivity contribution in [3.8, 4) is 0 Å². The van der Waals surface area contributed by atoms with Gasteiger partial charge in [-0.1, -0.05) is 0 Å². The summed E-state index contributed by atoms with van der Waals surface area (Å²) in [6, 6.07) is 1.86. The lowest BCUT2D eigenvalue weighted by Gasteiger charge is -2.26. The third-order valence-electron chi connectivity index (χ3n) is 3.59. The van der Waals surface area contributed by atoms with Gasteiger partial charge in [0.1, 0.15) is 5.78 Å². The number of furan rings is 1. The summed E-state index contributed by atoms with van der Waals surface area (Å²) in [7, 11) is 0. The molecule has 1 aromatic heterocycles. The quantitative estimate of drug-likeness (QED) is 0.847. The molecule has 1 fully saturated rings. The van der Waals surface area contributed by atoms with Gasteiger partial charge >= 0.3 is 0 Å². The summed E-state index contributed by atoms with van der Waals surface area (Å²) in [5.74, 6) is 1.24. The van der Waals surface area contributed by atoms with Crippen molar-refractivity contribution in [1.29, 1.82) is 0 Å². The van der Waals surface area contributed by atoms with Crippen molar-refractivity contribution in [1.82, 2.24) is 0 Å². The molecule has 0 amide bonds. The van der Waals surface area contributed by atoms with Gasteiger partial charge < -0.3 is 10.2 Å². The Morgan fingerprint density at radius 1 is 1.38 bits per heavy atom. The van der Waals surface area contributed by atoms with Gasteiger partial charge in [0, 0.05) is 12.3 Å². The number of nitrogens with two attached hydrogens (primary N) is 1. The molecule has 3 nitrogen and oxygen atoms in total. The maximum absolute atomic E-state index is 12.0. The molecule has 0 aromatic carbocycles. The van der Waals surface area contributed by atoms with Gasteiger partial charge in [-0.3, -0.25) is 4.79 Å². The van der Waals surface area contributed by atoms with Crippen LogP contribution in [0.2, 0.25) is 0 Å². The van der Waals surface area contributed by atoms with Crippen molar-refractivity contribution < 1.29 is 9.21 Å². The first-order valence-electron chi connectivity index (χ1n) is 6.03. The zero-order valence-electron chi connectivity index (χ0n) is 9.52. The highest BCUT2D eigenvalue weighted by atomic mass is 16.3. The van der Waals surface area contributed by atoms with Crippen LogP contribution in [-0.2, 0) is 11.2 Å². The predicted octanol–water partition coefficient (Wildman–Crippen LogP) is 2.16. The van der Waals surface area contributed by atoms with Gasteiger partial charge in [-0.15, -0.1) is 0 Å². The van der Waals surface area contributed by atoms with E-state index in [4.69, 9.17) is 10.2 Å². The topological polar surface area (TPSA) is 56.2 Å². The molecule has 0 saturated heterocycles. The van der Waals surface area contributed by atoms with E-state index in [1.807, 2.05) is 6.07 Å². The second-order valence-corrected chi connectivity index (χ2v) is 4.73. The first-order chi connectivity index (χ1) is 7.79. The maximum atomic E-state index is 12.0. The van der Waals surface area contributed by atoms with E-state index < -0.39 is 0 Å². The van der Waals surface area contributed by atoms with Gasteiger partial charge in [0.25, 0.3) is 0 Å². The highest BCUT2D eigenvalue weighted by Crippen LogP contribution is 2.29. The number of hydrogen-bond donors (Lipinski definition) is 1. The molecule has 2 rings (SSSR count). The largest absolute Gasteiger partial charge is 0.472 e. The van der Waals surface area contributed by atoms with Gasteiger partial charge in [0.2, 0.25) is 0 Å². The number of rotatable bonds is 4. The minimum atomic E-state index is 0.248. The van der Waals surface area contributed by atoms with E-state index in [1.54, 1.807) is 12.5 Å². The zero-order chi connectivity index (χ0) is 11.4. The Balaban J connectivity index is 1.82. The minimum Gasteiger partial charge on any atom is -0.472 e. The van der Waals surface area contributed by atoms with Crippen LogP contribution in [0.4, 0.5) is 0 Å². The summed E-state index contributed by atoms with van der Waals surface area (Å²) in [6.07, 6.45) is 8.04. The number of carbonyl (C=O) groups excluding carboxylic acids is 1. The van der Waals surface area contributed by atoms with Crippen LogP contribution in [0.1, 0.15) is 31.2 Å². The van der Waals surface area contributed by atoms with Crippen molar-refractivity contribution in [2.24, 2.45) is 17.6 Å². The molecule has 1 saturated carbocycles. The molecule has 2 N–H and O–H groups in total. The molecular weight excluding hydrogens is 202 g/mol. The molecule has 0 spiro atoms. The highest BCUT2D eigenvalue weighted by Gasteiger charge is 2.25. The summed E-state index contributed by atoms with van der Waals surface area (Å²) < 4.78 is 4.97. The van der Waals surface area contributed by atoms with Crippen LogP contribution in [0.25, 0.3) is 0 Å². The molecule has 1 heterocycles. The first-order valence-corrected chi connectivity index (χ1v) is 6.03.